The van der Waals surface area contributed by atoms with E-state index < -0.39 is 11.2 Å². The Balaban J connectivity index is 0.00000169. The van der Waals surface area contributed by atoms with E-state index in [4.69, 9.17) is 9.47 Å². The first-order valence-corrected chi connectivity index (χ1v) is 8.76. The molecule has 3 N–H and O–H groups in total. The van der Waals surface area contributed by atoms with Crippen molar-refractivity contribution in [1.82, 2.24) is 15.0 Å². The average Bonchev–Trinajstić information content (AvgIpc) is 3.01. The van der Waals surface area contributed by atoms with Gasteiger partial charge in [-0.1, -0.05) is 0 Å². The summed E-state index contributed by atoms with van der Waals surface area (Å²) in [7, 11) is 3.23. The number of methoxy groups -OCH3 is 2. The molecule has 0 bridgehead atoms. The van der Waals surface area contributed by atoms with Gasteiger partial charge >= 0.3 is 34.7 Å². The Labute approximate surface area is 177 Å². The summed E-state index contributed by atoms with van der Waals surface area (Å²) in [4.78, 5) is 11.9. The van der Waals surface area contributed by atoms with E-state index in [2.05, 4.69) is 15.0 Å². The van der Waals surface area contributed by atoms with Crippen molar-refractivity contribution in [3.05, 3.63) is 41.2 Å². The molecule has 0 spiro atoms. The molecule has 2 heterocycles. The van der Waals surface area contributed by atoms with Crippen LogP contribution in [0.4, 0.5) is 0 Å². The predicted molar refractivity (Wildman–Crippen MR) is 104 cm³/mol. The number of benzene rings is 1. The van der Waals surface area contributed by atoms with Gasteiger partial charge in [0, 0.05) is 34.6 Å². The fraction of sp³-hybridized carbons (Fsp3) is 0.294. The molecular weight excluding hydrogens is 365 g/mol. The quantitative estimate of drug-likeness (QED) is 0.525. The van der Waals surface area contributed by atoms with Gasteiger partial charge in [0.05, 0.1) is 30.9 Å². The van der Waals surface area contributed by atoms with Crippen molar-refractivity contribution in [2.75, 3.05) is 14.2 Å². The van der Waals surface area contributed by atoms with E-state index in [1.807, 2.05) is 32.0 Å². The second kappa shape index (κ2) is 9.59. The zero-order valence-corrected chi connectivity index (χ0v) is 15.4. The molecule has 0 fully saturated rings. The van der Waals surface area contributed by atoms with Gasteiger partial charge in [0.15, 0.2) is 5.75 Å². The third-order valence-electron chi connectivity index (χ3n) is 3.90. The maximum atomic E-state index is 12.7. The van der Waals surface area contributed by atoms with Gasteiger partial charge in [0.1, 0.15) is 11.5 Å². The molecule has 0 aliphatic rings. The maximum absolute atomic E-state index is 12.7. The molecule has 0 saturated carbocycles. The second-order valence-corrected chi connectivity index (χ2v) is 6.83. The number of nitrogens with one attached hydrogen (secondary N) is 1. The van der Waals surface area contributed by atoms with Crippen LogP contribution in [0.1, 0.15) is 16.8 Å². The van der Waals surface area contributed by atoms with Crippen molar-refractivity contribution in [2.45, 2.75) is 24.8 Å². The number of ether oxygens (including phenoxy) is 2. The molecule has 0 radical (unpaired) electrons. The van der Waals surface area contributed by atoms with Crippen LogP contribution in [0.2, 0.25) is 0 Å². The summed E-state index contributed by atoms with van der Waals surface area (Å²) in [5.41, 5.74) is 4.16. The van der Waals surface area contributed by atoms with Crippen LogP contribution < -0.4 is 9.47 Å². The number of H-pyrrole nitrogens is 1. The second-order valence-electron chi connectivity index (χ2n) is 5.46. The van der Waals surface area contributed by atoms with E-state index in [1.165, 1.54) is 0 Å². The van der Waals surface area contributed by atoms with Crippen molar-refractivity contribution in [3.8, 4) is 11.5 Å². The van der Waals surface area contributed by atoms with Crippen molar-refractivity contribution in [1.29, 1.82) is 0 Å². The van der Waals surface area contributed by atoms with Crippen LogP contribution in [0.3, 0.4) is 0 Å². The summed E-state index contributed by atoms with van der Waals surface area (Å²) >= 11 is -1.33. The first-order chi connectivity index (χ1) is 11.5. The SMILES string of the molecule is COc1ccc2[nH]c([S+]([O-])Cc3ncc(C)c(OC)c3C)nc2c1.O.[NaH]. The van der Waals surface area contributed by atoms with Gasteiger partial charge in [-0.3, -0.25) is 9.97 Å². The third kappa shape index (κ3) is 4.51. The zero-order valence-electron chi connectivity index (χ0n) is 14.5. The number of fused-ring (bicyclic) bond motifs is 1. The molecule has 0 saturated heterocycles. The molecule has 0 aliphatic carbocycles. The molecule has 3 aromatic rings. The molecule has 26 heavy (non-hydrogen) atoms. The van der Waals surface area contributed by atoms with Crippen LogP contribution in [0.15, 0.2) is 29.6 Å². The van der Waals surface area contributed by atoms with Crippen LogP contribution in [-0.2, 0) is 16.9 Å². The fourth-order valence-electron chi connectivity index (χ4n) is 2.61. The Hall–Kier alpha value is -1.29. The third-order valence-corrected chi connectivity index (χ3v) is 5.06. The van der Waals surface area contributed by atoms with Crippen LogP contribution in [-0.4, -0.2) is 68.8 Å². The molecule has 3 rings (SSSR count). The van der Waals surface area contributed by atoms with Crippen molar-refractivity contribution in [2.24, 2.45) is 0 Å². The molecule has 0 aliphatic heterocycles. The summed E-state index contributed by atoms with van der Waals surface area (Å²) in [6, 6.07) is 5.51. The van der Waals surface area contributed by atoms with E-state index in [1.54, 1.807) is 20.4 Å². The van der Waals surface area contributed by atoms with Crippen LogP contribution in [0.5, 0.6) is 11.5 Å². The van der Waals surface area contributed by atoms with Gasteiger partial charge in [-0.05, 0) is 26.0 Å². The first kappa shape index (κ1) is 22.8. The number of pyridine rings is 1. The number of rotatable bonds is 5. The Morgan fingerprint density at radius 1 is 1.19 bits per heavy atom. The molecule has 1 atom stereocenters. The topological polar surface area (TPSA) is 115 Å². The molecule has 1 unspecified atom stereocenters. The number of aryl methyl sites for hydroxylation is 1. The van der Waals surface area contributed by atoms with E-state index in [-0.39, 0.29) is 40.8 Å². The van der Waals surface area contributed by atoms with Crippen LogP contribution in [0, 0.1) is 13.8 Å². The van der Waals surface area contributed by atoms with Gasteiger partial charge in [-0.2, -0.15) is 4.98 Å². The number of aromatic nitrogens is 3. The van der Waals surface area contributed by atoms with Crippen LogP contribution in [0.25, 0.3) is 11.0 Å². The van der Waals surface area contributed by atoms with Gasteiger partial charge in [-0.25, -0.2) is 0 Å². The number of nitrogens with zero attached hydrogens (tertiary/aromatic N) is 2. The molecule has 9 heteroatoms. The monoisotopic (exact) mass is 387 g/mol. The summed E-state index contributed by atoms with van der Waals surface area (Å²) in [6.45, 7) is 3.86. The molecule has 2 aromatic heterocycles. The Bertz CT molecular complexity index is 888. The van der Waals surface area contributed by atoms with Crippen LogP contribution >= 0.6 is 0 Å². The Morgan fingerprint density at radius 2 is 1.92 bits per heavy atom. The average molecular weight is 387 g/mol. The molecule has 0 amide bonds. The number of hydrogen-bond donors (Lipinski definition) is 1. The minimum atomic E-state index is -1.33. The van der Waals surface area contributed by atoms with Crippen molar-refractivity contribution < 1.29 is 19.5 Å². The normalized spacial score (nSPS) is 11.4. The molecule has 7 nitrogen and oxygen atoms in total. The first-order valence-electron chi connectivity index (χ1n) is 7.44. The van der Waals surface area contributed by atoms with E-state index >= 15 is 0 Å². The van der Waals surface area contributed by atoms with E-state index in [0.29, 0.717) is 10.9 Å². The molecule has 136 valence electrons. The fourth-order valence-corrected chi connectivity index (χ4v) is 3.71. The minimum absolute atomic E-state index is 0. The van der Waals surface area contributed by atoms with E-state index in [0.717, 1.165) is 33.6 Å². The van der Waals surface area contributed by atoms with E-state index in [9.17, 15) is 4.55 Å². The zero-order chi connectivity index (χ0) is 17.3. The van der Waals surface area contributed by atoms with Gasteiger partial charge in [0.2, 0.25) is 0 Å². The number of aromatic amines is 1. The standard InChI is InChI=1S/C17H19N3O3S.Na.H2O.H/c1-10-8-18-15(11(2)16(10)23-4)9-24(21)17-19-13-6-5-12(22-3)7-14(13)20-17;;;/h5-8H,9H2,1-4H3,(H,19,20);;1H2;. The van der Waals surface area contributed by atoms with Gasteiger partial charge < -0.3 is 19.5 Å². The Morgan fingerprint density at radius 3 is 2.58 bits per heavy atom. The number of hydrogen-bond acceptors (Lipinski definition) is 5. The van der Waals surface area contributed by atoms with Gasteiger partial charge in [0.25, 0.3) is 0 Å². The summed E-state index contributed by atoms with van der Waals surface area (Å²) < 4.78 is 23.3. The number of imidazole rings is 1. The Kier molecular flexibility index (Phi) is 8.39. The summed E-state index contributed by atoms with van der Waals surface area (Å²) in [5.74, 6) is 1.78. The predicted octanol–water partition coefficient (Wildman–Crippen LogP) is 1.43. The summed E-state index contributed by atoms with van der Waals surface area (Å²) in [5, 5.41) is 0.430. The van der Waals surface area contributed by atoms with Crippen molar-refractivity contribution in [3.63, 3.8) is 0 Å². The van der Waals surface area contributed by atoms with Crippen molar-refractivity contribution >= 4 is 51.8 Å². The van der Waals surface area contributed by atoms with Gasteiger partial charge in [-0.15, -0.1) is 0 Å². The summed E-state index contributed by atoms with van der Waals surface area (Å²) in [6.07, 6.45) is 1.74. The molecular formula is C17H22N3NaO4S. The molecule has 1 aromatic carbocycles.